The summed E-state index contributed by atoms with van der Waals surface area (Å²) in [5.41, 5.74) is 1.74. The molecule has 7 nitrogen and oxygen atoms in total. The molecule has 4 rings (SSSR count). The Kier molecular flexibility index (Phi) is 8.99. The van der Waals surface area contributed by atoms with E-state index in [1.807, 2.05) is 42.5 Å². The number of fused-ring (bicyclic) bond motifs is 1. The van der Waals surface area contributed by atoms with Gasteiger partial charge in [-0.25, -0.2) is 4.79 Å². The number of ether oxygens (including phenoxy) is 1. The molecule has 1 aromatic rings. The number of nitrogens with zero attached hydrogens (tertiary/aromatic N) is 3. The third-order valence-corrected chi connectivity index (χ3v) is 8.14. The predicted octanol–water partition coefficient (Wildman–Crippen LogP) is 2.77. The van der Waals surface area contributed by atoms with Crippen LogP contribution in [0, 0.1) is 0 Å². The van der Waals surface area contributed by atoms with Crippen molar-refractivity contribution in [1.29, 1.82) is 0 Å². The number of thioether (sulfide) groups is 1. The van der Waals surface area contributed by atoms with Crippen molar-refractivity contribution in [2.45, 2.75) is 11.7 Å². The molecule has 2 heterocycles. The first kappa shape index (κ1) is 25.9. The van der Waals surface area contributed by atoms with Crippen molar-refractivity contribution in [3.63, 3.8) is 0 Å². The quantitative estimate of drug-likeness (QED) is 0.300. The zero-order valence-electron chi connectivity index (χ0n) is 20.2. The first-order valence-electron chi connectivity index (χ1n) is 11.9. The Labute approximate surface area is 219 Å². The van der Waals surface area contributed by atoms with Crippen LogP contribution in [-0.4, -0.2) is 97.1 Å². The smallest absolute Gasteiger partial charge is 0.426 e. The van der Waals surface area contributed by atoms with Crippen LogP contribution in [0.3, 0.4) is 0 Å². The third-order valence-electron chi connectivity index (χ3n) is 6.32. The number of carbonyl (C=O) groups is 2. The summed E-state index contributed by atoms with van der Waals surface area (Å²) in [7, 11) is 3.77. The second kappa shape index (κ2) is 12.2. The lowest BCUT2D eigenvalue weighted by atomic mass is 10.1. The molecule has 1 aliphatic carbocycles. The van der Waals surface area contributed by atoms with E-state index in [1.165, 1.54) is 11.8 Å². The highest BCUT2D eigenvalue weighted by molar-refractivity contribution is 9.10. The van der Waals surface area contributed by atoms with E-state index in [2.05, 4.69) is 44.2 Å². The van der Waals surface area contributed by atoms with E-state index >= 15 is 0 Å². The van der Waals surface area contributed by atoms with Crippen LogP contribution in [-0.2, 0) is 9.59 Å². The highest BCUT2D eigenvalue weighted by atomic mass is 79.9. The van der Waals surface area contributed by atoms with Crippen LogP contribution in [0.5, 0.6) is 5.75 Å². The van der Waals surface area contributed by atoms with E-state index in [0.29, 0.717) is 11.4 Å². The van der Waals surface area contributed by atoms with Gasteiger partial charge in [-0.05, 0) is 59.7 Å². The van der Waals surface area contributed by atoms with Gasteiger partial charge >= 0.3 is 5.91 Å². The van der Waals surface area contributed by atoms with Gasteiger partial charge in [0.1, 0.15) is 15.9 Å². The van der Waals surface area contributed by atoms with Crippen molar-refractivity contribution in [1.82, 2.24) is 15.1 Å². The Morgan fingerprint density at radius 1 is 1.29 bits per heavy atom. The van der Waals surface area contributed by atoms with E-state index in [0.717, 1.165) is 60.6 Å². The molecule has 186 valence electrons. The van der Waals surface area contributed by atoms with E-state index < -0.39 is 0 Å². The normalized spacial score (nSPS) is 22.0. The van der Waals surface area contributed by atoms with Crippen LogP contribution >= 0.6 is 27.7 Å². The van der Waals surface area contributed by atoms with Crippen molar-refractivity contribution < 1.29 is 18.9 Å². The van der Waals surface area contributed by atoms with Gasteiger partial charge in [0.25, 0.3) is 5.91 Å². The van der Waals surface area contributed by atoms with Crippen LogP contribution < -0.4 is 10.1 Å². The average molecular weight is 561 g/mol. The van der Waals surface area contributed by atoms with Crippen LogP contribution in [0.15, 0.2) is 51.9 Å². The molecular formula is C26H32BrN4O3S+. The first-order chi connectivity index (χ1) is 16.9. The Balaban J connectivity index is 1.40. The van der Waals surface area contributed by atoms with Crippen molar-refractivity contribution in [2.75, 3.05) is 60.0 Å². The Hall–Kier alpha value is -2.20. The van der Waals surface area contributed by atoms with Gasteiger partial charge in [0.15, 0.2) is 0 Å². The number of rotatable bonds is 8. The summed E-state index contributed by atoms with van der Waals surface area (Å²) >= 11 is 5.02. The SMILES string of the molecule is COc1ccc(/C=C2/SC3C=CC=CC3=[N+](CC(=O)NCCCN3CCN(C)CC3)C2=O)cc1Br. The molecule has 35 heavy (non-hydrogen) atoms. The molecule has 1 unspecified atom stereocenters. The number of hydrogen-bond donors (Lipinski definition) is 1. The summed E-state index contributed by atoms with van der Waals surface area (Å²) in [6, 6.07) is 5.70. The minimum atomic E-state index is -0.152. The minimum Gasteiger partial charge on any atom is -0.496 e. The molecule has 1 N–H and O–H groups in total. The number of nitrogens with one attached hydrogen (secondary N) is 1. The first-order valence-corrected chi connectivity index (χ1v) is 13.5. The Bertz CT molecular complexity index is 1090. The van der Waals surface area contributed by atoms with Gasteiger partial charge in [-0.1, -0.05) is 36.1 Å². The molecule has 2 aliphatic heterocycles. The number of amides is 2. The molecule has 0 aromatic heterocycles. The van der Waals surface area contributed by atoms with Crippen molar-refractivity contribution in [2.24, 2.45) is 0 Å². The fourth-order valence-corrected chi connectivity index (χ4v) is 6.02. The summed E-state index contributed by atoms with van der Waals surface area (Å²) < 4.78 is 7.74. The van der Waals surface area contributed by atoms with Gasteiger partial charge in [-0.2, -0.15) is 0 Å². The van der Waals surface area contributed by atoms with Crippen LogP contribution in [0.4, 0.5) is 0 Å². The van der Waals surface area contributed by atoms with Gasteiger partial charge in [0.2, 0.25) is 12.3 Å². The lowest BCUT2D eigenvalue weighted by molar-refractivity contribution is -0.434. The van der Waals surface area contributed by atoms with Crippen molar-refractivity contribution >= 4 is 51.3 Å². The molecule has 0 radical (unpaired) electrons. The summed E-state index contributed by atoms with van der Waals surface area (Å²) in [5, 5.41) is 3.00. The number of carbonyl (C=O) groups excluding carboxylic acids is 2. The molecule has 1 atom stereocenters. The third kappa shape index (κ3) is 6.73. The Morgan fingerprint density at radius 3 is 2.83 bits per heavy atom. The van der Waals surface area contributed by atoms with E-state index in [4.69, 9.17) is 4.74 Å². The van der Waals surface area contributed by atoms with E-state index in [1.54, 1.807) is 11.7 Å². The largest absolute Gasteiger partial charge is 0.496 e. The number of allylic oxidation sites excluding steroid dienone is 3. The molecule has 1 aromatic carbocycles. The lowest BCUT2D eigenvalue weighted by Gasteiger charge is -2.32. The fraction of sp³-hybridized carbons (Fsp3) is 0.423. The van der Waals surface area contributed by atoms with Crippen molar-refractivity contribution in [3.8, 4) is 5.75 Å². The maximum absolute atomic E-state index is 13.4. The Morgan fingerprint density at radius 2 is 2.09 bits per heavy atom. The van der Waals surface area contributed by atoms with Crippen LogP contribution in [0.2, 0.25) is 0 Å². The maximum Gasteiger partial charge on any atom is 0.426 e. The van der Waals surface area contributed by atoms with Gasteiger partial charge in [0, 0.05) is 38.8 Å². The fourth-order valence-electron chi connectivity index (χ4n) is 4.28. The number of hydrogen-bond acceptors (Lipinski definition) is 6. The molecule has 0 saturated carbocycles. The number of piperazine rings is 1. The zero-order valence-corrected chi connectivity index (χ0v) is 22.6. The topological polar surface area (TPSA) is 64.9 Å². The molecule has 9 heteroatoms. The van der Waals surface area contributed by atoms with E-state index in [-0.39, 0.29) is 23.6 Å². The molecular weight excluding hydrogens is 528 g/mol. The molecule has 3 aliphatic rings. The van der Waals surface area contributed by atoms with E-state index in [9.17, 15) is 9.59 Å². The lowest BCUT2D eigenvalue weighted by Crippen LogP contribution is -2.45. The molecule has 1 saturated heterocycles. The molecule has 2 amide bonds. The second-order valence-electron chi connectivity index (χ2n) is 8.85. The number of methoxy groups -OCH3 is 1. The van der Waals surface area contributed by atoms with Crippen LogP contribution in [0.1, 0.15) is 12.0 Å². The van der Waals surface area contributed by atoms with Gasteiger partial charge in [-0.15, -0.1) is 4.58 Å². The minimum absolute atomic E-state index is 0.00401. The standard InChI is InChI=1S/C26H31BrN4O3S/c1-29-12-14-30(15-13-29)11-5-10-28-25(32)18-31-21-6-3-4-7-23(21)35-24(26(31)33)17-19-8-9-22(34-2)20(27)16-19/h3-4,6-9,16-17,23H,5,10-15,18H2,1-2H3/p+1/b24-17+. The number of likely N-dealkylation sites (N-methyl/N-ethyl adjacent to an activating group) is 1. The summed E-state index contributed by atoms with van der Waals surface area (Å²) in [6.07, 6.45) is 10.7. The molecule has 1 fully saturated rings. The van der Waals surface area contributed by atoms with Gasteiger partial charge in [-0.3, -0.25) is 4.79 Å². The summed E-state index contributed by atoms with van der Waals surface area (Å²) in [6.45, 7) is 5.93. The summed E-state index contributed by atoms with van der Waals surface area (Å²) in [5.74, 6) is 0.446. The highest BCUT2D eigenvalue weighted by Gasteiger charge is 2.39. The van der Waals surface area contributed by atoms with Gasteiger partial charge < -0.3 is 19.9 Å². The molecule has 0 spiro atoms. The zero-order chi connectivity index (χ0) is 24.8. The number of halogens is 1. The monoisotopic (exact) mass is 559 g/mol. The van der Waals surface area contributed by atoms with Crippen molar-refractivity contribution in [3.05, 3.63) is 57.4 Å². The van der Waals surface area contributed by atoms with Crippen LogP contribution in [0.25, 0.3) is 6.08 Å². The number of benzene rings is 1. The predicted molar refractivity (Wildman–Crippen MR) is 145 cm³/mol. The summed E-state index contributed by atoms with van der Waals surface area (Å²) in [4.78, 5) is 31.6. The molecule has 0 bridgehead atoms. The second-order valence-corrected chi connectivity index (χ2v) is 10.9. The highest BCUT2D eigenvalue weighted by Crippen LogP contribution is 2.34. The van der Waals surface area contributed by atoms with Gasteiger partial charge in [0.05, 0.1) is 11.6 Å². The maximum atomic E-state index is 13.4. The average Bonchev–Trinajstić information content (AvgIpc) is 2.85.